The molecule has 1 amide bonds. The van der Waals surface area contributed by atoms with Crippen LogP contribution in [0.25, 0.3) is 11.0 Å². The molecule has 8 nitrogen and oxygen atoms in total. The van der Waals surface area contributed by atoms with Gasteiger partial charge in [0.2, 0.25) is 0 Å². The molecule has 8 heteroatoms. The standard InChI is InChI=1S/C20H29N5O3/c1-5-24(13-7-8-13)10-9-21-18(26)14-11-15(12(3)4)22-17-16(14)19(27)23-20(28)25(17)6-2/h11-13H,5-10H2,1-4H3,(H,21,26)(H,23,27,28). The summed E-state index contributed by atoms with van der Waals surface area (Å²) < 4.78 is 1.39. The van der Waals surface area contributed by atoms with Gasteiger partial charge in [-0.15, -0.1) is 0 Å². The Bertz CT molecular complexity index is 988. The van der Waals surface area contributed by atoms with Gasteiger partial charge in [0, 0.05) is 31.4 Å². The number of carbonyl (C=O) groups is 1. The molecule has 2 aromatic heterocycles. The number of pyridine rings is 1. The number of hydrogen-bond donors (Lipinski definition) is 2. The van der Waals surface area contributed by atoms with E-state index in [4.69, 9.17) is 0 Å². The summed E-state index contributed by atoms with van der Waals surface area (Å²) in [7, 11) is 0. The number of amides is 1. The van der Waals surface area contributed by atoms with Crippen LogP contribution in [0.4, 0.5) is 0 Å². The number of nitrogens with one attached hydrogen (secondary N) is 2. The minimum Gasteiger partial charge on any atom is -0.351 e. The fourth-order valence-electron chi connectivity index (χ4n) is 3.51. The van der Waals surface area contributed by atoms with E-state index in [1.165, 1.54) is 17.4 Å². The number of carbonyl (C=O) groups excluding carboxylic acids is 1. The Labute approximate surface area is 164 Å². The molecule has 0 unspecified atom stereocenters. The van der Waals surface area contributed by atoms with Crippen molar-refractivity contribution in [3.05, 3.63) is 38.2 Å². The minimum absolute atomic E-state index is 0.0566. The molecule has 28 heavy (non-hydrogen) atoms. The summed E-state index contributed by atoms with van der Waals surface area (Å²) in [6.45, 7) is 10.5. The molecule has 1 aliphatic rings. The Morgan fingerprint density at radius 1 is 1.36 bits per heavy atom. The first kappa shape index (κ1) is 20.3. The number of H-pyrrole nitrogens is 1. The number of hydrogen-bond acceptors (Lipinski definition) is 5. The Hall–Kier alpha value is -2.48. The molecule has 0 spiro atoms. The van der Waals surface area contributed by atoms with Crippen molar-refractivity contribution in [3.8, 4) is 0 Å². The van der Waals surface area contributed by atoms with Crippen LogP contribution in [0.5, 0.6) is 0 Å². The van der Waals surface area contributed by atoms with Crippen LogP contribution in [0, 0.1) is 0 Å². The average molecular weight is 387 g/mol. The van der Waals surface area contributed by atoms with Crippen molar-refractivity contribution in [3.63, 3.8) is 0 Å². The topological polar surface area (TPSA) is 100 Å². The van der Waals surface area contributed by atoms with Crippen molar-refractivity contribution in [2.75, 3.05) is 19.6 Å². The second-order valence-electron chi connectivity index (χ2n) is 7.57. The third-order valence-electron chi connectivity index (χ3n) is 5.27. The molecule has 2 heterocycles. The van der Waals surface area contributed by atoms with Gasteiger partial charge in [-0.05, 0) is 38.3 Å². The van der Waals surface area contributed by atoms with E-state index in [0.717, 1.165) is 13.1 Å². The molecular formula is C20H29N5O3. The number of aryl methyl sites for hydroxylation is 1. The summed E-state index contributed by atoms with van der Waals surface area (Å²) >= 11 is 0. The van der Waals surface area contributed by atoms with E-state index in [0.29, 0.717) is 24.8 Å². The number of rotatable bonds is 8. The Balaban J connectivity index is 1.97. The first-order valence-electron chi connectivity index (χ1n) is 10.1. The SMILES string of the molecule is CCN(CCNC(=O)c1cc(C(C)C)nc2c1c(=O)[nH]c(=O)n2CC)C1CC1. The molecule has 1 fully saturated rings. The lowest BCUT2D eigenvalue weighted by molar-refractivity contribution is 0.0949. The van der Waals surface area contributed by atoms with E-state index >= 15 is 0 Å². The van der Waals surface area contributed by atoms with Crippen molar-refractivity contribution < 1.29 is 4.79 Å². The quantitative estimate of drug-likeness (QED) is 0.714. The maximum atomic E-state index is 12.9. The summed E-state index contributed by atoms with van der Waals surface area (Å²) in [4.78, 5) is 46.8. The largest absolute Gasteiger partial charge is 0.351 e. The summed E-state index contributed by atoms with van der Waals surface area (Å²) in [5.41, 5.74) is 0.124. The van der Waals surface area contributed by atoms with Gasteiger partial charge in [0.1, 0.15) is 0 Å². The molecule has 1 saturated carbocycles. The number of likely N-dealkylation sites (N-methyl/N-ethyl adjacent to an activating group) is 1. The molecular weight excluding hydrogens is 358 g/mol. The van der Waals surface area contributed by atoms with E-state index < -0.39 is 11.2 Å². The molecule has 152 valence electrons. The Kier molecular flexibility index (Phi) is 5.98. The smallest absolute Gasteiger partial charge is 0.329 e. The number of fused-ring (bicyclic) bond motifs is 1. The van der Waals surface area contributed by atoms with Crippen LogP contribution in [0.3, 0.4) is 0 Å². The second-order valence-corrected chi connectivity index (χ2v) is 7.57. The second kappa shape index (κ2) is 8.26. The summed E-state index contributed by atoms with van der Waals surface area (Å²) in [6.07, 6.45) is 2.44. The molecule has 0 aliphatic heterocycles. The molecule has 0 saturated heterocycles. The minimum atomic E-state index is -0.578. The zero-order chi connectivity index (χ0) is 20.4. The lowest BCUT2D eigenvalue weighted by atomic mass is 10.0. The van der Waals surface area contributed by atoms with Crippen LogP contribution in [-0.2, 0) is 6.54 Å². The van der Waals surface area contributed by atoms with Gasteiger partial charge < -0.3 is 5.32 Å². The van der Waals surface area contributed by atoms with Gasteiger partial charge in [-0.1, -0.05) is 20.8 Å². The highest BCUT2D eigenvalue weighted by molar-refractivity contribution is 6.05. The lowest BCUT2D eigenvalue weighted by Crippen LogP contribution is -2.37. The van der Waals surface area contributed by atoms with Crippen LogP contribution in [0.15, 0.2) is 15.7 Å². The van der Waals surface area contributed by atoms with E-state index in [2.05, 4.69) is 27.1 Å². The highest BCUT2D eigenvalue weighted by Crippen LogP contribution is 2.26. The molecule has 0 radical (unpaired) electrons. The lowest BCUT2D eigenvalue weighted by Gasteiger charge is -2.20. The van der Waals surface area contributed by atoms with Gasteiger partial charge in [0.05, 0.1) is 10.9 Å². The van der Waals surface area contributed by atoms with Gasteiger partial charge in [0.15, 0.2) is 5.65 Å². The van der Waals surface area contributed by atoms with Gasteiger partial charge >= 0.3 is 5.69 Å². The maximum absolute atomic E-state index is 12.9. The van der Waals surface area contributed by atoms with Crippen LogP contribution in [0.1, 0.15) is 62.5 Å². The molecule has 1 aliphatic carbocycles. The Morgan fingerprint density at radius 3 is 2.64 bits per heavy atom. The van der Waals surface area contributed by atoms with Gasteiger partial charge in [-0.25, -0.2) is 9.78 Å². The molecule has 0 atom stereocenters. The highest BCUT2D eigenvalue weighted by Gasteiger charge is 2.27. The summed E-state index contributed by atoms with van der Waals surface area (Å²) in [5, 5.41) is 3.10. The Morgan fingerprint density at radius 2 is 2.07 bits per heavy atom. The summed E-state index contributed by atoms with van der Waals surface area (Å²) in [5.74, 6) is -0.256. The van der Waals surface area contributed by atoms with Crippen LogP contribution in [-0.4, -0.2) is 51.0 Å². The number of aromatic nitrogens is 3. The summed E-state index contributed by atoms with van der Waals surface area (Å²) in [6, 6.07) is 2.30. The van der Waals surface area contributed by atoms with Gasteiger partial charge in [-0.3, -0.25) is 24.0 Å². The van der Waals surface area contributed by atoms with Gasteiger partial charge in [-0.2, -0.15) is 0 Å². The van der Waals surface area contributed by atoms with Crippen LogP contribution < -0.4 is 16.6 Å². The van der Waals surface area contributed by atoms with Gasteiger partial charge in [0.25, 0.3) is 11.5 Å². The van der Waals surface area contributed by atoms with Crippen molar-refractivity contribution >= 4 is 16.9 Å². The molecule has 3 rings (SSSR count). The fraction of sp³-hybridized carbons (Fsp3) is 0.600. The average Bonchev–Trinajstić information content (AvgIpc) is 3.49. The van der Waals surface area contributed by atoms with Crippen molar-refractivity contribution in [2.24, 2.45) is 0 Å². The van der Waals surface area contributed by atoms with E-state index in [9.17, 15) is 14.4 Å². The predicted molar refractivity (Wildman–Crippen MR) is 109 cm³/mol. The predicted octanol–water partition coefficient (Wildman–Crippen LogP) is 1.44. The van der Waals surface area contributed by atoms with E-state index in [1.54, 1.807) is 13.0 Å². The molecule has 2 N–H and O–H groups in total. The highest BCUT2D eigenvalue weighted by atomic mass is 16.2. The van der Waals surface area contributed by atoms with Crippen LogP contribution >= 0.6 is 0 Å². The van der Waals surface area contributed by atoms with E-state index in [1.807, 2.05) is 13.8 Å². The number of nitrogens with zero attached hydrogens (tertiary/aromatic N) is 3. The van der Waals surface area contributed by atoms with Crippen molar-refractivity contribution in [2.45, 2.75) is 59.0 Å². The zero-order valence-corrected chi connectivity index (χ0v) is 17.0. The molecule has 2 aromatic rings. The first-order valence-corrected chi connectivity index (χ1v) is 10.1. The third-order valence-corrected chi connectivity index (χ3v) is 5.27. The van der Waals surface area contributed by atoms with Crippen molar-refractivity contribution in [1.29, 1.82) is 0 Å². The monoisotopic (exact) mass is 387 g/mol. The zero-order valence-electron chi connectivity index (χ0n) is 17.0. The fourth-order valence-corrected chi connectivity index (χ4v) is 3.51. The normalized spacial score (nSPS) is 14.2. The van der Waals surface area contributed by atoms with Crippen molar-refractivity contribution in [1.82, 2.24) is 24.8 Å². The maximum Gasteiger partial charge on any atom is 0.329 e. The number of aromatic amines is 1. The molecule has 0 bridgehead atoms. The van der Waals surface area contributed by atoms with E-state index in [-0.39, 0.29) is 28.4 Å². The molecule has 0 aromatic carbocycles. The first-order chi connectivity index (χ1) is 13.4. The third kappa shape index (κ3) is 4.01. The van der Waals surface area contributed by atoms with Crippen LogP contribution in [0.2, 0.25) is 0 Å².